The van der Waals surface area contributed by atoms with Crippen LogP contribution in [0.25, 0.3) is 0 Å². The third-order valence-electron chi connectivity index (χ3n) is 3.43. The smallest absolute Gasteiger partial charge is 0.368 e. The number of aromatic nitrogens is 1. The molecule has 0 bridgehead atoms. The van der Waals surface area contributed by atoms with E-state index in [4.69, 9.17) is 0 Å². The number of aliphatic imine (C=N–C) groups is 1. The molecule has 0 aliphatic heterocycles. The van der Waals surface area contributed by atoms with Crippen molar-refractivity contribution in [1.82, 2.24) is 15.6 Å². The van der Waals surface area contributed by atoms with Gasteiger partial charge in [-0.25, -0.2) is 4.98 Å². The molecule has 0 spiro atoms. The van der Waals surface area contributed by atoms with Gasteiger partial charge in [-0.3, -0.25) is 4.99 Å². The molecule has 2 aromatic rings. The predicted molar refractivity (Wildman–Crippen MR) is 110 cm³/mol. The zero-order valence-corrected chi connectivity index (χ0v) is 17.5. The monoisotopic (exact) mass is 499 g/mol. The number of nitrogens with one attached hydrogen (secondary N) is 3. The number of rotatable bonds is 6. The van der Waals surface area contributed by atoms with Crippen LogP contribution in [0.1, 0.15) is 16.0 Å². The lowest BCUT2D eigenvalue weighted by atomic mass is 10.2. The van der Waals surface area contributed by atoms with E-state index in [-0.39, 0.29) is 36.3 Å². The molecule has 0 unspecified atom stereocenters. The number of aryl methyl sites for hydroxylation is 1. The van der Waals surface area contributed by atoms with Gasteiger partial charge in [0.25, 0.3) is 0 Å². The second-order valence-electron chi connectivity index (χ2n) is 5.20. The van der Waals surface area contributed by atoms with Gasteiger partial charge < -0.3 is 16.0 Å². The molecule has 26 heavy (non-hydrogen) atoms. The molecule has 0 fully saturated rings. The van der Waals surface area contributed by atoms with E-state index in [9.17, 15) is 13.2 Å². The van der Waals surface area contributed by atoms with Gasteiger partial charge in [-0.05, 0) is 36.1 Å². The Labute approximate surface area is 171 Å². The third kappa shape index (κ3) is 6.63. The molecular weight excluding hydrogens is 478 g/mol. The number of anilines is 1. The summed E-state index contributed by atoms with van der Waals surface area (Å²) in [4.78, 5) is 9.06. The Balaban J connectivity index is 0.00000338. The molecule has 10 heteroatoms. The molecule has 0 atom stereocenters. The predicted octanol–water partition coefficient (Wildman–Crippen LogP) is 3.87. The van der Waals surface area contributed by atoms with Crippen LogP contribution in [0.3, 0.4) is 0 Å². The first-order valence-electron chi connectivity index (χ1n) is 7.65. The maximum atomic E-state index is 12.9. The average molecular weight is 499 g/mol. The van der Waals surface area contributed by atoms with Crippen molar-refractivity contribution < 1.29 is 13.2 Å². The zero-order valence-electron chi connectivity index (χ0n) is 14.4. The molecule has 0 saturated heterocycles. The molecule has 5 nitrogen and oxygen atoms in total. The summed E-state index contributed by atoms with van der Waals surface area (Å²) in [5.74, 6) is 0.417. The summed E-state index contributed by atoms with van der Waals surface area (Å²) in [5.41, 5.74) is 0.440. The van der Waals surface area contributed by atoms with Crippen LogP contribution in [0.4, 0.5) is 19.0 Å². The highest BCUT2D eigenvalue weighted by molar-refractivity contribution is 14.0. The van der Waals surface area contributed by atoms with Crippen LogP contribution in [0.5, 0.6) is 0 Å². The zero-order chi connectivity index (χ0) is 18.3. The van der Waals surface area contributed by atoms with E-state index in [1.165, 1.54) is 22.7 Å². The summed E-state index contributed by atoms with van der Waals surface area (Å²) >= 11 is 1.66. The Morgan fingerprint density at radius 1 is 1.23 bits per heavy atom. The van der Waals surface area contributed by atoms with E-state index in [2.05, 4.69) is 25.9 Å². The minimum Gasteiger partial charge on any atom is -0.368 e. The maximum Gasteiger partial charge on any atom is 0.419 e. The molecule has 2 aromatic heterocycles. The van der Waals surface area contributed by atoms with Crippen LogP contribution >= 0.6 is 35.3 Å². The Hall–Kier alpha value is -1.56. The Morgan fingerprint density at radius 2 is 2.00 bits per heavy atom. The van der Waals surface area contributed by atoms with Crippen LogP contribution in [-0.4, -0.2) is 31.1 Å². The normalized spacial score (nSPS) is 11.7. The molecule has 0 radical (unpaired) electrons. The lowest BCUT2D eigenvalue weighted by Crippen LogP contribution is -2.39. The van der Waals surface area contributed by atoms with Gasteiger partial charge in [0.2, 0.25) is 0 Å². The minimum atomic E-state index is -4.43. The van der Waals surface area contributed by atoms with Gasteiger partial charge in [0, 0.05) is 31.2 Å². The van der Waals surface area contributed by atoms with Crippen molar-refractivity contribution >= 4 is 47.1 Å². The van der Waals surface area contributed by atoms with E-state index in [1.807, 2.05) is 18.4 Å². The molecule has 0 aromatic carbocycles. The quantitative estimate of drug-likeness (QED) is 0.245. The fourth-order valence-corrected chi connectivity index (χ4v) is 2.95. The van der Waals surface area contributed by atoms with Crippen LogP contribution in [0.2, 0.25) is 0 Å². The van der Waals surface area contributed by atoms with E-state index >= 15 is 0 Å². The first-order valence-corrected chi connectivity index (χ1v) is 8.53. The molecule has 0 saturated carbocycles. The van der Waals surface area contributed by atoms with Gasteiger partial charge in [0.1, 0.15) is 5.82 Å². The topological polar surface area (TPSA) is 61.3 Å². The average Bonchev–Trinajstić information content (AvgIpc) is 2.99. The number of guanidine groups is 1. The number of hydrogen-bond acceptors (Lipinski definition) is 4. The molecular formula is C16H21F3IN5S. The highest BCUT2D eigenvalue weighted by Gasteiger charge is 2.33. The standard InChI is InChI=1S/C16H20F3N5S.HI/c1-11-5-9-25-13(11)10-24-15(20-2)23-8-7-22-14-12(16(17,18)19)4-3-6-21-14;/h3-6,9H,7-8,10H2,1-2H3,(H,21,22)(H2,20,23,24);1H. The highest BCUT2D eigenvalue weighted by atomic mass is 127. The van der Waals surface area contributed by atoms with Gasteiger partial charge in [-0.15, -0.1) is 35.3 Å². The van der Waals surface area contributed by atoms with Crippen molar-refractivity contribution in [2.75, 3.05) is 25.5 Å². The van der Waals surface area contributed by atoms with Crippen molar-refractivity contribution in [3.8, 4) is 0 Å². The van der Waals surface area contributed by atoms with Gasteiger partial charge >= 0.3 is 6.18 Å². The number of halogens is 4. The first-order chi connectivity index (χ1) is 11.9. The second kappa shape index (κ2) is 10.6. The molecule has 0 aliphatic carbocycles. The fraction of sp³-hybridized carbons (Fsp3) is 0.375. The van der Waals surface area contributed by atoms with Crippen molar-refractivity contribution in [3.05, 3.63) is 45.8 Å². The van der Waals surface area contributed by atoms with Gasteiger partial charge in [-0.1, -0.05) is 0 Å². The highest BCUT2D eigenvalue weighted by Crippen LogP contribution is 2.33. The number of hydrogen-bond donors (Lipinski definition) is 3. The van der Waals surface area contributed by atoms with E-state index < -0.39 is 11.7 Å². The molecule has 0 amide bonds. The van der Waals surface area contributed by atoms with Crippen LogP contribution in [-0.2, 0) is 12.7 Å². The summed E-state index contributed by atoms with van der Waals surface area (Å²) in [6, 6.07) is 4.32. The lowest BCUT2D eigenvalue weighted by molar-refractivity contribution is -0.137. The van der Waals surface area contributed by atoms with Crippen molar-refractivity contribution in [2.24, 2.45) is 4.99 Å². The summed E-state index contributed by atoms with van der Waals surface area (Å²) in [5, 5.41) is 11.0. The number of pyridine rings is 1. The van der Waals surface area contributed by atoms with Crippen LogP contribution in [0, 0.1) is 6.92 Å². The second-order valence-corrected chi connectivity index (χ2v) is 6.20. The van der Waals surface area contributed by atoms with Crippen LogP contribution in [0.15, 0.2) is 34.8 Å². The molecule has 3 N–H and O–H groups in total. The van der Waals surface area contributed by atoms with Crippen LogP contribution < -0.4 is 16.0 Å². The Kier molecular flexibility index (Phi) is 9.13. The van der Waals surface area contributed by atoms with Crippen molar-refractivity contribution in [3.63, 3.8) is 0 Å². The van der Waals surface area contributed by atoms with Gasteiger partial charge in [-0.2, -0.15) is 13.2 Å². The Morgan fingerprint density at radius 3 is 2.62 bits per heavy atom. The number of nitrogens with zero attached hydrogens (tertiary/aromatic N) is 2. The molecule has 144 valence electrons. The molecule has 2 rings (SSSR count). The van der Waals surface area contributed by atoms with Crippen molar-refractivity contribution in [2.45, 2.75) is 19.6 Å². The molecule has 0 aliphatic rings. The van der Waals surface area contributed by atoms with Crippen molar-refractivity contribution in [1.29, 1.82) is 0 Å². The van der Waals surface area contributed by atoms with E-state index in [0.29, 0.717) is 19.0 Å². The van der Waals surface area contributed by atoms with E-state index in [0.717, 1.165) is 6.07 Å². The SMILES string of the molecule is CN=C(NCCNc1ncccc1C(F)(F)F)NCc1sccc1C.I. The number of thiophene rings is 1. The van der Waals surface area contributed by atoms with Gasteiger partial charge in [0.05, 0.1) is 12.1 Å². The summed E-state index contributed by atoms with van der Waals surface area (Å²) in [7, 11) is 1.64. The summed E-state index contributed by atoms with van der Waals surface area (Å²) in [6.45, 7) is 3.36. The van der Waals surface area contributed by atoms with E-state index in [1.54, 1.807) is 18.4 Å². The largest absolute Gasteiger partial charge is 0.419 e. The maximum absolute atomic E-state index is 12.9. The van der Waals surface area contributed by atoms with Gasteiger partial charge in [0.15, 0.2) is 5.96 Å². The summed E-state index contributed by atoms with van der Waals surface area (Å²) < 4.78 is 38.7. The fourth-order valence-electron chi connectivity index (χ4n) is 2.11. The molecule has 2 heterocycles. The number of alkyl halides is 3. The third-order valence-corrected chi connectivity index (χ3v) is 4.45. The Bertz CT molecular complexity index is 718. The first kappa shape index (κ1) is 22.5. The summed E-state index contributed by atoms with van der Waals surface area (Å²) in [6.07, 6.45) is -3.10. The lowest BCUT2D eigenvalue weighted by Gasteiger charge is -2.15. The minimum absolute atomic E-state index is 0.